The molecule has 0 aliphatic carbocycles. The molecule has 0 amide bonds. The van der Waals surface area contributed by atoms with Crippen LogP contribution in [0, 0.1) is 18.3 Å². The number of para-hydroxylation sites is 1. The summed E-state index contributed by atoms with van der Waals surface area (Å²) < 4.78 is 11.3. The lowest BCUT2D eigenvalue weighted by molar-refractivity contribution is 0.348. The predicted octanol–water partition coefficient (Wildman–Crippen LogP) is 0.982. The molecule has 34 heavy (non-hydrogen) atoms. The van der Waals surface area contributed by atoms with Gasteiger partial charge in [-0.05, 0) is 19.1 Å². The third-order valence-corrected chi connectivity index (χ3v) is 5.93. The maximum atomic E-state index is 13.4. The monoisotopic (exact) mass is 456 g/mol. The van der Waals surface area contributed by atoms with Crippen LogP contribution in [0.2, 0.25) is 0 Å². The lowest BCUT2D eigenvalue weighted by atomic mass is 9.84. The van der Waals surface area contributed by atoms with Gasteiger partial charge in [0.15, 0.2) is 0 Å². The lowest BCUT2D eigenvalue weighted by Gasteiger charge is -2.27. The molecule has 0 bridgehead atoms. The van der Waals surface area contributed by atoms with E-state index in [9.17, 15) is 14.9 Å². The number of aromatic nitrogens is 6. The molecular weight excluding hydrogens is 436 g/mol. The summed E-state index contributed by atoms with van der Waals surface area (Å²) in [6, 6.07) is 11.6. The number of allylic oxidation sites excluding steroid dienone is 1. The van der Waals surface area contributed by atoms with Crippen molar-refractivity contribution in [1.82, 2.24) is 28.5 Å². The van der Waals surface area contributed by atoms with E-state index in [0.717, 1.165) is 10.3 Å². The third kappa shape index (κ3) is 2.89. The largest absolute Gasteiger partial charge is 0.423 e. The zero-order chi connectivity index (χ0) is 24.1. The average Bonchev–Trinajstić information content (AvgIpc) is 3.48. The molecule has 1 aromatic carbocycles. The van der Waals surface area contributed by atoms with E-state index in [-0.39, 0.29) is 22.9 Å². The van der Waals surface area contributed by atoms with Crippen molar-refractivity contribution in [2.45, 2.75) is 12.8 Å². The molecule has 4 heterocycles. The number of rotatable bonds is 3. The molecule has 0 spiro atoms. The molecule has 3 aromatic heterocycles. The molecule has 0 fully saturated rings. The number of hydrogen-bond donors (Lipinski definition) is 1. The van der Waals surface area contributed by atoms with E-state index in [1.54, 1.807) is 34.9 Å². The topological polar surface area (TPSA) is 139 Å². The Morgan fingerprint density at radius 1 is 1.12 bits per heavy atom. The minimum Gasteiger partial charge on any atom is -0.423 e. The highest BCUT2D eigenvalue weighted by Crippen LogP contribution is 2.43. The zero-order valence-electron chi connectivity index (χ0n) is 18.6. The van der Waals surface area contributed by atoms with E-state index < -0.39 is 17.2 Å². The normalized spacial score (nSPS) is 15.1. The van der Waals surface area contributed by atoms with Gasteiger partial charge in [0.05, 0.1) is 22.9 Å². The Balaban J connectivity index is 1.93. The minimum atomic E-state index is -0.922. The molecule has 11 nitrogen and oxygen atoms in total. The number of nitrogens with zero attached hydrogens (tertiary/aromatic N) is 7. The molecule has 4 aromatic rings. The van der Waals surface area contributed by atoms with Gasteiger partial charge in [-0.3, -0.25) is 18.5 Å². The standard InChI is InChI=1S/C23H20N8O3/c1-13-16(20(30-10-9-26-12-30)31(27-13)14-7-5-4-6-8-14)17-15(11-24)19(25)34-22-18(17)21(32)28(2)23(33)29(22)3/h4-10,12,17H,25H2,1-3H3. The molecule has 2 N–H and O–H groups in total. The Morgan fingerprint density at radius 3 is 2.50 bits per heavy atom. The fourth-order valence-electron chi connectivity index (χ4n) is 4.32. The maximum Gasteiger partial charge on any atom is 0.333 e. The fourth-order valence-corrected chi connectivity index (χ4v) is 4.32. The van der Waals surface area contributed by atoms with E-state index in [0.29, 0.717) is 17.1 Å². The molecule has 1 atom stereocenters. The van der Waals surface area contributed by atoms with Gasteiger partial charge in [-0.15, -0.1) is 0 Å². The van der Waals surface area contributed by atoms with Crippen molar-refractivity contribution >= 4 is 0 Å². The van der Waals surface area contributed by atoms with Crippen molar-refractivity contribution in [3.05, 3.63) is 98.2 Å². The quantitative estimate of drug-likeness (QED) is 0.485. The van der Waals surface area contributed by atoms with Gasteiger partial charge >= 0.3 is 5.69 Å². The van der Waals surface area contributed by atoms with Crippen LogP contribution in [0.5, 0.6) is 5.88 Å². The molecule has 5 rings (SSSR count). The molecule has 0 saturated carbocycles. The van der Waals surface area contributed by atoms with Crippen molar-refractivity contribution < 1.29 is 4.74 Å². The molecule has 1 aliphatic rings. The molecular formula is C23H20N8O3. The molecule has 1 unspecified atom stereocenters. The SMILES string of the molecule is Cc1nn(-c2ccccc2)c(-n2ccnc2)c1C1C(C#N)=C(N)Oc2c1c(=O)n(C)c(=O)n2C. The summed E-state index contributed by atoms with van der Waals surface area (Å²) in [4.78, 5) is 30.1. The van der Waals surface area contributed by atoms with Crippen molar-refractivity contribution in [3.8, 4) is 23.5 Å². The Hall–Kier alpha value is -4.85. The second-order valence-corrected chi connectivity index (χ2v) is 7.89. The van der Waals surface area contributed by atoms with Crippen LogP contribution in [-0.2, 0) is 14.1 Å². The first-order valence-corrected chi connectivity index (χ1v) is 10.4. The summed E-state index contributed by atoms with van der Waals surface area (Å²) in [6.45, 7) is 1.79. The summed E-state index contributed by atoms with van der Waals surface area (Å²) in [5, 5.41) is 14.8. The third-order valence-electron chi connectivity index (χ3n) is 5.93. The van der Waals surface area contributed by atoms with Crippen molar-refractivity contribution in [2.24, 2.45) is 19.8 Å². The highest BCUT2D eigenvalue weighted by molar-refractivity contribution is 5.59. The fraction of sp³-hybridized carbons (Fsp3) is 0.174. The first kappa shape index (κ1) is 21.0. The van der Waals surface area contributed by atoms with Crippen LogP contribution in [-0.4, -0.2) is 28.5 Å². The Morgan fingerprint density at radius 2 is 1.85 bits per heavy atom. The number of hydrogen-bond acceptors (Lipinski definition) is 7. The second kappa shape index (κ2) is 7.63. The Labute approximate surface area is 193 Å². The zero-order valence-corrected chi connectivity index (χ0v) is 18.6. The van der Waals surface area contributed by atoms with Crippen LogP contribution in [0.3, 0.4) is 0 Å². The van der Waals surface area contributed by atoms with Crippen LogP contribution < -0.4 is 21.7 Å². The van der Waals surface area contributed by atoms with Crippen LogP contribution in [0.1, 0.15) is 22.7 Å². The minimum absolute atomic E-state index is 0.00181. The van der Waals surface area contributed by atoms with Crippen molar-refractivity contribution in [1.29, 1.82) is 5.26 Å². The van der Waals surface area contributed by atoms with Gasteiger partial charge in [0.2, 0.25) is 11.8 Å². The van der Waals surface area contributed by atoms with Gasteiger partial charge in [-0.25, -0.2) is 14.5 Å². The van der Waals surface area contributed by atoms with Crippen LogP contribution in [0.4, 0.5) is 0 Å². The first-order valence-electron chi connectivity index (χ1n) is 10.4. The van der Waals surface area contributed by atoms with Gasteiger partial charge < -0.3 is 10.5 Å². The van der Waals surface area contributed by atoms with E-state index in [1.165, 1.54) is 18.7 Å². The van der Waals surface area contributed by atoms with Crippen LogP contribution >= 0.6 is 0 Å². The van der Waals surface area contributed by atoms with Gasteiger partial charge in [-0.2, -0.15) is 10.4 Å². The van der Waals surface area contributed by atoms with Crippen molar-refractivity contribution in [3.63, 3.8) is 0 Å². The smallest absolute Gasteiger partial charge is 0.333 e. The summed E-state index contributed by atoms with van der Waals surface area (Å²) in [5.41, 5.74) is 7.10. The highest BCUT2D eigenvalue weighted by atomic mass is 16.5. The predicted molar refractivity (Wildman–Crippen MR) is 122 cm³/mol. The molecule has 0 saturated heterocycles. The molecule has 170 valence electrons. The van der Waals surface area contributed by atoms with Crippen molar-refractivity contribution in [2.75, 3.05) is 0 Å². The number of nitrogens with two attached hydrogens (primary N) is 1. The summed E-state index contributed by atoms with van der Waals surface area (Å²) in [7, 11) is 2.87. The highest BCUT2D eigenvalue weighted by Gasteiger charge is 2.40. The molecule has 1 aliphatic heterocycles. The number of imidazole rings is 1. The van der Waals surface area contributed by atoms with Crippen LogP contribution in [0.25, 0.3) is 11.5 Å². The van der Waals surface area contributed by atoms with Crippen LogP contribution in [0.15, 0.2) is 70.1 Å². The van der Waals surface area contributed by atoms with E-state index >= 15 is 0 Å². The second-order valence-electron chi connectivity index (χ2n) is 7.89. The summed E-state index contributed by atoms with van der Waals surface area (Å²) in [6.07, 6.45) is 4.98. The maximum absolute atomic E-state index is 13.4. The van der Waals surface area contributed by atoms with Gasteiger partial charge in [0.25, 0.3) is 5.56 Å². The number of fused-ring (bicyclic) bond motifs is 1. The summed E-state index contributed by atoms with van der Waals surface area (Å²) >= 11 is 0. The van der Waals surface area contributed by atoms with E-state index in [2.05, 4.69) is 11.1 Å². The average molecular weight is 456 g/mol. The number of aryl methyl sites for hydroxylation is 1. The molecule has 11 heteroatoms. The summed E-state index contributed by atoms with van der Waals surface area (Å²) in [5.74, 6) is -0.519. The first-order chi connectivity index (χ1) is 16.3. The Bertz CT molecular complexity index is 1620. The number of nitriles is 1. The Kier molecular flexibility index (Phi) is 4.72. The van der Waals surface area contributed by atoms with Gasteiger partial charge in [-0.1, -0.05) is 18.2 Å². The molecule has 0 radical (unpaired) electrons. The van der Waals surface area contributed by atoms with E-state index in [4.69, 9.17) is 15.6 Å². The van der Waals surface area contributed by atoms with Gasteiger partial charge in [0.1, 0.15) is 23.8 Å². The van der Waals surface area contributed by atoms with Gasteiger partial charge in [0, 0.05) is 32.1 Å². The number of ether oxygens (including phenoxy) is 1. The number of benzene rings is 1. The van der Waals surface area contributed by atoms with E-state index in [1.807, 2.05) is 30.3 Å². The lowest BCUT2D eigenvalue weighted by Crippen LogP contribution is -2.42.